The average Bonchev–Trinajstić information content (AvgIpc) is 3.34. The van der Waals surface area contributed by atoms with Gasteiger partial charge in [-0.1, -0.05) is 28.1 Å². The molecule has 0 bridgehead atoms. The number of tetrazole rings is 1. The molecule has 1 aromatic heterocycles. The van der Waals surface area contributed by atoms with E-state index in [4.69, 9.17) is 0 Å². The molecule has 0 aliphatic heterocycles. The number of benzene rings is 2. The summed E-state index contributed by atoms with van der Waals surface area (Å²) in [4.78, 5) is 0.142. The van der Waals surface area contributed by atoms with Crippen molar-refractivity contribution in [2.24, 2.45) is 0 Å². The van der Waals surface area contributed by atoms with Crippen LogP contribution in [0.5, 0.6) is 0 Å². The maximum absolute atomic E-state index is 12.9. The second-order valence-corrected chi connectivity index (χ2v) is 9.32. The van der Waals surface area contributed by atoms with Crippen LogP contribution in [-0.4, -0.2) is 28.6 Å². The molecule has 0 unspecified atom stereocenters. The Labute approximate surface area is 167 Å². The summed E-state index contributed by atoms with van der Waals surface area (Å²) in [5.41, 5.74) is 1.06. The summed E-state index contributed by atoms with van der Waals surface area (Å²) in [6.45, 7) is 0. The van der Waals surface area contributed by atoms with Crippen LogP contribution < -0.4 is 4.72 Å². The van der Waals surface area contributed by atoms with Crippen LogP contribution in [0.4, 0.5) is 5.69 Å². The number of para-hydroxylation sites is 1. The smallest absolute Gasteiger partial charge is 0.263 e. The van der Waals surface area contributed by atoms with Crippen molar-refractivity contribution < 1.29 is 8.42 Å². The van der Waals surface area contributed by atoms with Crippen LogP contribution in [0.1, 0.15) is 18.9 Å². The van der Waals surface area contributed by atoms with E-state index in [1.165, 1.54) is 0 Å². The van der Waals surface area contributed by atoms with Gasteiger partial charge in [0.1, 0.15) is 4.90 Å². The molecule has 2 aromatic carbocycles. The fraction of sp³-hybridized carbons (Fsp3) is 0.188. The Kier molecular flexibility index (Phi) is 4.57. The normalized spacial score (nSPS) is 14.4. The third kappa shape index (κ3) is 3.40. The molecule has 7 nitrogen and oxygen atoms in total. The van der Waals surface area contributed by atoms with Gasteiger partial charge in [0.2, 0.25) is 0 Å². The van der Waals surface area contributed by atoms with E-state index < -0.39 is 10.0 Å². The number of halogens is 2. The highest BCUT2D eigenvalue weighted by atomic mass is 79.9. The largest absolute Gasteiger partial charge is 0.279 e. The molecule has 0 amide bonds. The van der Waals surface area contributed by atoms with Crippen LogP contribution in [0.3, 0.4) is 0 Å². The highest BCUT2D eigenvalue weighted by Crippen LogP contribution is 2.38. The van der Waals surface area contributed by atoms with E-state index in [0.29, 0.717) is 26.0 Å². The zero-order chi connectivity index (χ0) is 18.3. The summed E-state index contributed by atoms with van der Waals surface area (Å²) in [6.07, 6.45) is 2.05. The highest BCUT2D eigenvalue weighted by molar-refractivity contribution is 9.11. The van der Waals surface area contributed by atoms with Crippen molar-refractivity contribution >= 4 is 47.6 Å². The van der Waals surface area contributed by atoms with Crippen molar-refractivity contribution in [3.8, 4) is 11.4 Å². The van der Waals surface area contributed by atoms with Gasteiger partial charge in [-0.05, 0) is 69.5 Å². The fourth-order valence-corrected chi connectivity index (χ4v) is 5.17. The van der Waals surface area contributed by atoms with Crippen LogP contribution in [0.15, 0.2) is 56.3 Å². The number of aromatic nitrogens is 4. The topological polar surface area (TPSA) is 89.8 Å². The Hall–Kier alpha value is -1.78. The second-order valence-electron chi connectivity index (χ2n) is 5.90. The van der Waals surface area contributed by atoms with Gasteiger partial charge in [0, 0.05) is 14.5 Å². The van der Waals surface area contributed by atoms with E-state index >= 15 is 0 Å². The molecular weight excluding hydrogens is 486 g/mol. The van der Waals surface area contributed by atoms with E-state index in [1.54, 1.807) is 41.1 Å². The molecule has 1 aliphatic carbocycles. The quantitative estimate of drug-likeness (QED) is 0.574. The maximum atomic E-state index is 12.9. The molecule has 0 atom stereocenters. The lowest BCUT2D eigenvalue weighted by molar-refractivity contribution is 0.600. The number of rotatable bonds is 5. The summed E-state index contributed by atoms with van der Waals surface area (Å²) in [5.74, 6) is 0.555. The van der Waals surface area contributed by atoms with Gasteiger partial charge < -0.3 is 0 Å². The summed E-state index contributed by atoms with van der Waals surface area (Å²) in [6, 6.07) is 12.4. The summed E-state index contributed by atoms with van der Waals surface area (Å²) in [5, 5.41) is 11.9. The standard InChI is InChI=1S/C16H13Br2N5O2S/c17-10-5-8-13(18)15(9-10)26(24,25)20-14-4-2-1-3-12(14)16-19-21-22-23(16)11-6-7-11/h1-5,8-9,11,20H,6-7H2. The van der Waals surface area contributed by atoms with Gasteiger partial charge in [-0.3, -0.25) is 4.72 Å². The van der Waals surface area contributed by atoms with Crippen molar-refractivity contribution in [2.75, 3.05) is 4.72 Å². The summed E-state index contributed by atoms with van der Waals surface area (Å²) >= 11 is 6.61. The molecule has 1 fully saturated rings. The van der Waals surface area contributed by atoms with Crippen molar-refractivity contribution in [2.45, 2.75) is 23.8 Å². The van der Waals surface area contributed by atoms with Crippen LogP contribution in [0.2, 0.25) is 0 Å². The van der Waals surface area contributed by atoms with Crippen molar-refractivity contribution in [1.82, 2.24) is 20.2 Å². The van der Waals surface area contributed by atoms with Gasteiger partial charge in [0.05, 0.1) is 11.7 Å². The molecule has 1 saturated carbocycles. The Morgan fingerprint density at radius 2 is 1.88 bits per heavy atom. The molecule has 134 valence electrons. The summed E-state index contributed by atoms with van der Waals surface area (Å²) in [7, 11) is -3.80. The van der Waals surface area contributed by atoms with Crippen molar-refractivity contribution in [1.29, 1.82) is 0 Å². The van der Waals surface area contributed by atoms with Gasteiger partial charge in [-0.25, -0.2) is 13.1 Å². The molecule has 0 spiro atoms. The predicted octanol–water partition coefficient (Wildman–Crippen LogP) is 4.00. The highest BCUT2D eigenvalue weighted by Gasteiger charge is 2.29. The van der Waals surface area contributed by atoms with Crippen molar-refractivity contribution in [3.05, 3.63) is 51.4 Å². The molecule has 0 radical (unpaired) electrons. The van der Waals surface area contributed by atoms with Gasteiger partial charge in [-0.15, -0.1) is 5.10 Å². The van der Waals surface area contributed by atoms with E-state index in [2.05, 4.69) is 52.1 Å². The van der Waals surface area contributed by atoms with E-state index in [0.717, 1.165) is 12.8 Å². The Morgan fingerprint density at radius 3 is 2.65 bits per heavy atom. The zero-order valence-electron chi connectivity index (χ0n) is 13.3. The molecule has 0 saturated heterocycles. The SMILES string of the molecule is O=S(=O)(Nc1ccccc1-c1nnnn1C1CC1)c1cc(Br)ccc1Br. The first-order valence-electron chi connectivity index (χ1n) is 7.81. The molecular formula is C16H13Br2N5O2S. The lowest BCUT2D eigenvalue weighted by atomic mass is 10.1. The number of hydrogen-bond donors (Lipinski definition) is 1. The van der Waals surface area contributed by atoms with E-state index in [-0.39, 0.29) is 10.9 Å². The molecule has 26 heavy (non-hydrogen) atoms. The van der Waals surface area contributed by atoms with E-state index in [1.807, 2.05) is 6.07 Å². The van der Waals surface area contributed by atoms with E-state index in [9.17, 15) is 8.42 Å². The molecule has 1 heterocycles. The van der Waals surface area contributed by atoms with Crippen LogP contribution in [0.25, 0.3) is 11.4 Å². The zero-order valence-corrected chi connectivity index (χ0v) is 17.3. The third-order valence-electron chi connectivity index (χ3n) is 3.98. The average molecular weight is 499 g/mol. The van der Waals surface area contributed by atoms with Gasteiger partial charge in [0.25, 0.3) is 10.0 Å². The molecule has 4 rings (SSSR count). The summed E-state index contributed by atoms with van der Waals surface area (Å²) < 4.78 is 31.4. The first kappa shape index (κ1) is 17.6. The number of sulfonamides is 1. The lowest BCUT2D eigenvalue weighted by Gasteiger charge is -2.13. The monoisotopic (exact) mass is 497 g/mol. The van der Waals surface area contributed by atoms with Gasteiger partial charge >= 0.3 is 0 Å². The van der Waals surface area contributed by atoms with Crippen LogP contribution in [0, 0.1) is 0 Å². The minimum Gasteiger partial charge on any atom is -0.279 e. The third-order valence-corrected chi connectivity index (χ3v) is 6.83. The molecule has 1 N–H and O–H groups in total. The Bertz CT molecular complexity index is 1080. The molecule has 1 aliphatic rings. The second kappa shape index (κ2) is 6.75. The van der Waals surface area contributed by atoms with Crippen molar-refractivity contribution in [3.63, 3.8) is 0 Å². The van der Waals surface area contributed by atoms with Crippen LogP contribution in [-0.2, 0) is 10.0 Å². The predicted molar refractivity (Wildman–Crippen MR) is 104 cm³/mol. The number of anilines is 1. The minimum absolute atomic E-state index is 0.142. The number of nitrogens with zero attached hydrogens (tertiary/aromatic N) is 4. The van der Waals surface area contributed by atoms with Gasteiger partial charge in [-0.2, -0.15) is 0 Å². The van der Waals surface area contributed by atoms with Gasteiger partial charge in [0.15, 0.2) is 5.82 Å². The fourth-order valence-electron chi connectivity index (χ4n) is 2.59. The van der Waals surface area contributed by atoms with Crippen LogP contribution >= 0.6 is 31.9 Å². The Balaban J connectivity index is 1.75. The number of hydrogen-bond acceptors (Lipinski definition) is 5. The Morgan fingerprint density at radius 1 is 1.12 bits per heavy atom. The number of nitrogens with one attached hydrogen (secondary N) is 1. The lowest BCUT2D eigenvalue weighted by Crippen LogP contribution is -2.15. The molecule has 3 aromatic rings. The maximum Gasteiger partial charge on any atom is 0.263 e. The minimum atomic E-state index is -3.80. The molecule has 10 heteroatoms. The first-order chi connectivity index (χ1) is 12.5. The first-order valence-corrected chi connectivity index (χ1v) is 10.9.